The Morgan fingerprint density at radius 1 is 1.12 bits per heavy atom. The van der Waals surface area contributed by atoms with Gasteiger partial charge < -0.3 is 20.1 Å². The fourth-order valence-corrected chi connectivity index (χ4v) is 2.34. The second-order valence-electron chi connectivity index (χ2n) is 5.04. The van der Waals surface area contributed by atoms with Crippen LogP contribution in [0.5, 0.6) is 11.5 Å². The van der Waals surface area contributed by atoms with Crippen molar-refractivity contribution in [3.63, 3.8) is 0 Å². The van der Waals surface area contributed by atoms with E-state index in [-0.39, 0.29) is 18.4 Å². The maximum atomic E-state index is 12.0. The summed E-state index contributed by atoms with van der Waals surface area (Å²) in [5.74, 6) is 0.503. The average molecular weight is 363 g/mol. The predicted octanol–water partition coefficient (Wildman–Crippen LogP) is 3.12. The van der Waals surface area contributed by atoms with Crippen molar-refractivity contribution in [3.8, 4) is 11.5 Å². The van der Waals surface area contributed by atoms with Gasteiger partial charge in [-0.05, 0) is 49.4 Å². The highest BCUT2D eigenvalue weighted by Crippen LogP contribution is 2.27. The van der Waals surface area contributed by atoms with E-state index >= 15 is 0 Å². The minimum absolute atomic E-state index is 0.157. The van der Waals surface area contributed by atoms with Gasteiger partial charge in [-0.25, -0.2) is 0 Å². The van der Waals surface area contributed by atoms with Gasteiger partial charge in [0.25, 0.3) is 5.91 Å². The summed E-state index contributed by atoms with van der Waals surface area (Å²) in [4.78, 5) is 24.0. The van der Waals surface area contributed by atoms with Crippen molar-refractivity contribution < 1.29 is 19.1 Å². The minimum atomic E-state index is -0.361. The second-order valence-corrected chi connectivity index (χ2v) is 5.44. The van der Waals surface area contributed by atoms with Crippen LogP contribution in [-0.2, 0) is 4.79 Å². The number of carbonyl (C=O) groups excluding carboxylic acids is 2. The molecule has 2 aromatic rings. The third-order valence-electron chi connectivity index (χ3n) is 3.27. The van der Waals surface area contributed by atoms with Crippen LogP contribution in [0.2, 0.25) is 5.02 Å². The van der Waals surface area contributed by atoms with Gasteiger partial charge in [0.15, 0.2) is 0 Å². The molecule has 0 aliphatic carbocycles. The summed E-state index contributed by atoms with van der Waals surface area (Å²) in [7, 11) is 1.51. The van der Waals surface area contributed by atoms with Gasteiger partial charge in [-0.3, -0.25) is 9.59 Å². The number of carbonyl (C=O) groups is 2. The molecule has 0 fully saturated rings. The third-order valence-corrected chi connectivity index (χ3v) is 3.57. The van der Waals surface area contributed by atoms with Crippen LogP contribution in [0.25, 0.3) is 0 Å². The summed E-state index contributed by atoms with van der Waals surface area (Å²) in [5.41, 5.74) is 0.967. The van der Waals surface area contributed by atoms with Crippen LogP contribution < -0.4 is 20.1 Å². The van der Waals surface area contributed by atoms with Gasteiger partial charge in [0.2, 0.25) is 5.91 Å². The molecule has 132 valence electrons. The number of ether oxygens (including phenoxy) is 2. The summed E-state index contributed by atoms with van der Waals surface area (Å²) in [6.07, 6.45) is 0. The Kier molecular flexibility index (Phi) is 6.65. The van der Waals surface area contributed by atoms with Gasteiger partial charge in [-0.2, -0.15) is 0 Å². The van der Waals surface area contributed by atoms with Crippen LogP contribution in [-0.4, -0.2) is 32.1 Å². The first-order valence-corrected chi connectivity index (χ1v) is 8.05. The largest absolute Gasteiger partial charge is 0.495 e. The zero-order valence-electron chi connectivity index (χ0n) is 14.0. The van der Waals surface area contributed by atoms with E-state index in [0.717, 1.165) is 0 Å². The van der Waals surface area contributed by atoms with Gasteiger partial charge >= 0.3 is 0 Å². The molecule has 6 nitrogen and oxygen atoms in total. The third kappa shape index (κ3) is 5.39. The number of benzene rings is 2. The summed E-state index contributed by atoms with van der Waals surface area (Å²) in [5, 5.41) is 5.60. The Morgan fingerprint density at radius 3 is 2.44 bits per heavy atom. The molecule has 0 unspecified atom stereocenters. The zero-order valence-corrected chi connectivity index (χ0v) is 14.7. The van der Waals surface area contributed by atoms with Gasteiger partial charge in [0.1, 0.15) is 11.5 Å². The van der Waals surface area contributed by atoms with Crippen molar-refractivity contribution in [2.45, 2.75) is 6.92 Å². The molecule has 0 radical (unpaired) electrons. The van der Waals surface area contributed by atoms with Crippen molar-refractivity contribution in [3.05, 3.63) is 53.1 Å². The van der Waals surface area contributed by atoms with Crippen LogP contribution >= 0.6 is 11.6 Å². The van der Waals surface area contributed by atoms with Crippen LogP contribution in [0.15, 0.2) is 42.5 Å². The summed E-state index contributed by atoms with van der Waals surface area (Å²) in [6.45, 7) is 2.28. The predicted molar refractivity (Wildman–Crippen MR) is 96.6 cm³/mol. The number of methoxy groups -OCH3 is 1. The van der Waals surface area contributed by atoms with E-state index in [4.69, 9.17) is 21.1 Å². The molecule has 0 aromatic heterocycles. The molecule has 0 atom stereocenters. The average Bonchev–Trinajstić information content (AvgIpc) is 2.61. The van der Waals surface area contributed by atoms with Crippen LogP contribution in [0.4, 0.5) is 5.69 Å². The Morgan fingerprint density at radius 2 is 1.84 bits per heavy atom. The molecule has 2 aromatic carbocycles. The molecule has 2 N–H and O–H groups in total. The van der Waals surface area contributed by atoms with E-state index in [1.54, 1.807) is 42.5 Å². The molecule has 0 heterocycles. The Labute approximate surface area is 151 Å². The highest BCUT2D eigenvalue weighted by molar-refractivity contribution is 6.32. The van der Waals surface area contributed by atoms with Gasteiger partial charge in [-0.15, -0.1) is 0 Å². The lowest BCUT2D eigenvalue weighted by Gasteiger charge is -2.09. The van der Waals surface area contributed by atoms with Crippen molar-refractivity contribution in [1.29, 1.82) is 0 Å². The Hall–Kier alpha value is -2.73. The quantitative estimate of drug-likeness (QED) is 0.793. The maximum Gasteiger partial charge on any atom is 0.251 e. The number of hydrogen-bond acceptors (Lipinski definition) is 4. The molecule has 2 amide bonds. The number of hydrogen-bond donors (Lipinski definition) is 2. The number of nitrogens with one attached hydrogen (secondary N) is 2. The van der Waals surface area contributed by atoms with Crippen molar-refractivity contribution >= 4 is 29.1 Å². The normalized spacial score (nSPS) is 10.0. The van der Waals surface area contributed by atoms with Crippen molar-refractivity contribution in [2.75, 3.05) is 25.6 Å². The van der Waals surface area contributed by atoms with Gasteiger partial charge in [0.05, 0.1) is 25.3 Å². The molecule has 0 aliphatic rings. The van der Waals surface area contributed by atoms with E-state index in [1.165, 1.54) is 7.11 Å². The maximum absolute atomic E-state index is 12.0. The molecule has 0 saturated heterocycles. The molecule has 0 saturated carbocycles. The fraction of sp³-hybridized carbons (Fsp3) is 0.222. The standard InChI is InChI=1S/C18H19ClN2O4/c1-3-25-14-7-4-12(5-8-14)18(23)20-11-17(22)21-13-6-9-16(24-2)15(19)10-13/h4-10H,3,11H2,1-2H3,(H,20,23)(H,21,22). The summed E-state index contributed by atoms with van der Waals surface area (Å²) < 4.78 is 10.4. The smallest absolute Gasteiger partial charge is 0.251 e. The lowest BCUT2D eigenvalue weighted by Crippen LogP contribution is -2.32. The highest BCUT2D eigenvalue weighted by atomic mass is 35.5. The minimum Gasteiger partial charge on any atom is -0.495 e. The lowest BCUT2D eigenvalue weighted by molar-refractivity contribution is -0.115. The van der Waals surface area contributed by atoms with Crippen molar-refractivity contribution in [2.24, 2.45) is 0 Å². The number of amides is 2. The first-order valence-electron chi connectivity index (χ1n) is 7.68. The topological polar surface area (TPSA) is 76.7 Å². The molecule has 7 heteroatoms. The molecule has 25 heavy (non-hydrogen) atoms. The molecular formula is C18H19ClN2O4. The second kappa shape index (κ2) is 8.94. The van der Waals surface area contributed by atoms with Gasteiger partial charge in [-0.1, -0.05) is 11.6 Å². The highest BCUT2D eigenvalue weighted by Gasteiger charge is 2.09. The molecule has 2 rings (SSSR count). The van der Waals surface area contributed by atoms with Gasteiger partial charge in [0, 0.05) is 11.3 Å². The van der Waals surface area contributed by atoms with Crippen LogP contribution in [0, 0.1) is 0 Å². The summed E-state index contributed by atoms with van der Waals surface area (Å²) >= 11 is 6.00. The first kappa shape index (κ1) is 18.6. The van der Waals surface area contributed by atoms with Crippen LogP contribution in [0.3, 0.4) is 0 Å². The lowest BCUT2D eigenvalue weighted by atomic mass is 10.2. The Bertz CT molecular complexity index is 747. The van der Waals surface area contributed by atoms with Crippen molar-refractivity contribution in [1.82, 2.24) is 5.32 Å². The van der Waals surface area contributed by atoms with E-state index in [2.05, 4.69) is 10.6 Å². The van der Waals surface area contributed by atoms with E-state index in [9.17, 15) is 9.59 Å². The van der Waals surface area contributed by atoms with E-state index in [1.807, 2.05) is 6.92 Å². The van der Waals surface area contributed by atoms with E-state index < -0.39 is 0 Å². The summed E-state index contributed by atoms with van der Waals surface area (Å²) in [6, 6.07) is 11.6. The SMILES string of the molecule is CCOc1ccc(C(=O)NCC(=O)Nc2ccc(OC)c(Cl)c2)cc1. The van der Waals surface area contributed by atoms with E-state index in [0.29, 0.717) is 34.4 Å². The first-order chi connectivity index (χ1) is 12.0. The molecule has 0 spiro atoms. The van der Waals surface area contributed by atoms with Crippen LogP contribution in [0.1, 0.15) is 17.3 Å². The number of rotatable bonds is 7. The zero-order chi connectivity index (χ0) is 18.2. The molecule has 0 bridgehead atoms. The Balaban J connectivity index is 1.86. The monoisotopic (exact) mass is 362 g/mol. The molecule has 0 aliphatic heterocycles. The number of halogens is 1. The fourth-order valence-electron chi connectivity index (χ4n) is 2.08. The molecular weight excluding hydrogens is 344 g/mol. The number of anilines is 1.